The van der Waals surface area contributed by atoms with Gasteiger partial charge in [0.05, 0.1) is 10.0 Å². The van der Waals surface area contributed by atoms with Crippen molar-refractivity contribution in [3.8, 4) is 11.5 Å². The molecule has 0 radical (unpaired) electrons. The minimum absolute atomic E-state index is 0.131. The van der Waals surface area contributed by atoms with Crippen LogP contribution in [0.3, 0.4) is 0 Å². The van der Waals surface area contributed by atoms with E-state index in [2.05, 4.69) is 15.9 Å². The van der Waals surface area contributed by atoms with Gasteiger partial charge in [0.2, 0.25) is 0 Å². The molecule has 0 N–H and O–H groups in total. The van der Waals surface area contributed by atoms with Crippen LogP contribution >= 0.6 is 62.3 Å². The Bertz CT molecular complexity index is 694. The lowest BCUT2D eigenvalue weighted by atomic mass is 10.1. The summed E-state index contributed by atoms with van der Waals surface area (Å²) in [4.78, 5) is 0. The highest BCUT2D eigenvalue weighted by Gasteiger charge is 2.44. The molecule has 0 fully saturated rings. The van der Waals surface area contributed by atoms with Crippen LogP contribution < -0.4 is 9.47 Å². The van der Waals surface area contributed by atoms with Crippen molar-refractivity contribution < 1.29 is 9.47 Å². The lowest BCUT2D eigenvalue weighted by molar-refractivity contribution is 0.0160. The molecule has 0 atom stereocenters. The molecule has 7 heteroatoms. The normalized spacial score (nSPS) is 15.3. The summed E-state index contributed by atoms with van der Waals surface area (Å²) < 4.78 is 10.4. The third-order valence-electron chi connectivity index (χ3n) is 3.05. The Hall–Kier alpha value is -0.320. The lowest BCUT2D eigenvalue weighted by Gasteiger charge is -2.21. The Morgan fingerprint density at radius 1 is 0.810 bits per heavy atom. The summed E-state index contributed by atoms with van der Waals surface area (Å²) in [7, 11) is 0. The van der Waals surface area contributed by atoms with E-state index in [0.29, 0.717) is 0 Å². The molecule has 21 heavy (non-hydrogen) atoms. The fourth-order valence-corrected chi connectivity index (χ4v) is 3.41. The predicted molar refractivity (Wildman–Crippen MR) is 89.5 cm³/mol. The molecule has 0 aromatic heterocycles. The zero-order valence-electron chi connectivity index (χ0n) is 10.5. The van der Waals surface area contributed by atoms with E-state index >= 15 is 0 Å². The van der Waals surface area contributed by atoms with Gasteiger partial charge in [-0.25, -0.2) is 0 Å². The van der Waals surface area contributed by atoms with E-state index < -0.39 is 4.70 Å². The molecule has 1 aliphatic rings. The van der Waals surface area contributed by atoms with E-state index in [-0.39, 0.29) is 31.6 Å². The van der Waals surface area contributed by atoms with Crippen LogP contribution in [0.1, 0.15) is 11.1 Å². The number of ether oxygens (including phenoxy) is 2. The highest BCUT2D eigenvalue weighted by Crippen LogP contribution is 2.58. The summed E-state index contributed by atoms with van der Waals surface area (Å²) in [5, 5.41) is 0.585. The molecule has 1 aliphatic heterocycles. The minimum Gasteiger partial charge on any atom is -0.434 e. The van der Waals surface area contributed by atoms with Crippen LogP contribution in [0.25, 0.3) is 0 Å². The molecule has 3 rings (SSSR count). The van der Waals surface area contributed by atoms with Crippen LogP contribution in [0.15, 0.2) is 24.3 Å². The summed E-state index contributed by atoms with van der Waals surface area (Å²) >= 11 is 27.8. The maximum Gasteiger partial charge on any atom is 0.337 e. The summed E-state index contributed by atoms with van der Waals surface area (Å²) in [5.74, 6) is 0.516. The van der Waals surface area contributed by atoms with Gasteiger partial charge < -0.3 is 9.47 Å². The third kappa shape index (κ3) is 2.49. The smallest absolute Gasteiger partial charge is 0.337 e. The average molecular weight is 429 g/mol. The fourth-order valence-electron chi connectivity index (χ4n) is 1.93. The van der Waals surface area contributed by atoms with Crippen molar-refractivity contribution in [3.63, 3.8) is 0 Å². The Kier molecular flexibility index (Phi) is 4.00. The van der Waals surface area contributed by atoms with Gasteiger partial charge in [0.25, 0.3) is 0 Å². The molecular formula is C14H7BrCl4O2. The number of rotatable bonds is 1. The van der Waals surface area contributed by atoms with Gasteiger partial charge >= 0.3 is 4.70 Å². The molecule has 0 amide bonds. The Balaban J connectivity index is 2.11. The van der Waals surface area contributed by atoms with E-state index in [1.807, 2.05) is 31.2 Å². The van der Waals surface area contributed by atoms with Gasteiger partial charge in [-0.05, 0) is 19.1 Å². The molecule has 0 saturated carbocycles. The number of halogens is 5. The lowest BCUT2D eigenvalue weighted by Crippen LogP contribution is -2.27. The first-order chi connectivity index (χ1) is 9.83. The molecule has 1 heterocycles. The third-order valence-corrected chi connectivity index (χ3v) is 5.60. The highest BCUT2D eigenvalue weighted by atomic mass is 79.9. The zero-order chi connectivity index (χ0) is 15.4. The van der Waals surface area contributed by atoms with Crippen molar-refractivity contribution in [2.45, 2.75) is 11.6 Å². The van der Waals surface area contributed by atoms with E-state index in [1.54, 1.807) is 0 Å². The highest BCUT2D eigenvalue weighted by molar-refractivity contribution is 9.09. The number of hydrogen-bond acceptors (Lipinski definition) is 2. The summed E-state index contributed by atoms with van der Waals surface area (Å²) in [6, 6.07) is 7.64. The van der Waals surface area contributed by atoms with E-state index in [9.17, 15) is 0 Å². The monoisotopic (exact) mass is 426 g/mol. The van der Waals surface area contributed by atoms with Crippen LogP contribution in [0.4, 0.5) is 0 Å². The number of alkyl halides is 1. The second-order valence-corrected chi connectivity index (χ2v) is 7.08. The first-order valence-electron chi connectivity index (χ1n) is 5.83. The first kappa shape index (κ1) is 15.6. The van der Waals surface area contributed by atoms with Gasteiger partial charge in [-0.15, -0.1) is 0 Å². The maximum atomic E-state index is 6.15. The van der Waals surface area contributed by atoms with Gasteiger partial charge in [0.15, 0.2) is 11.5 Å². The van der Waals surface area contributed by atoms with Gasteiger partial charge in [0.1, 0.15) is 10.0 Å². The second kappa shape index (κ2) is 5.39. The summed E-state index contributed by atoms with van der Waals surface area (Å²) in [5.41, 5.74) is 1.87. The van der Waals surface area contributed by atoms with Crippen molar-refractivity contribution >= 4 is 62.3 Å². The van der Waals surface area contributed by atoms with Gasteiger partial charge in [-0.1, -0.05) is 64.1 Å². The van der Waals surface area contributed by atoms with E-state index in [0.717, 1.165) is 11.1 Å². The zero-order valence-corrected chi connectivity index (χ0v) is 15.1. The van der Waals surface area contributed by atoms with Gasteiger partial charge in [-0.3, -0.25) is 0 Å². The summed E-state index contributed by atoms with van der Waals surface area (Å²) in [6.07, 6.45) is 0. The molecule has 2 aromatic carbocycles. The molecule has 0 aliphatic carbocycles. The van der Waals surface area contributed by atoms with Gasteiger partial charge in [0, 0.05) is 21.5 Å². The van der Waals surface area contributed by atoms with Crippen molar-refractivity contribution in [2.75, 3.05) is 0 Å². The Morgan fingerprint density at radius 3 is 1.67 bits per heavy atom. The number of fused-ring (bicyclic) bond motifs is 1. The molecule has 2 nitrogen and oxygen atoms in total. The van der Waals surface area contributed by atoms with Crippen LogP contribution in [0.2, 0.25) is 20.1 Å². The van der Waals surface area contributed by atoms with Crippen molar-refractivity contribution in [1.29, 1.82) is 0 Å². The Morgan fingerprint density at radius 2 is 1.24 bits per heavy atom. The predicted octanol–water partition coefficient (Wildman–Crippen LogP) is 6.59. The van der Waals surface area contributed by atoms with E-state index in [4.69, 9.17) is 55.9 Å². The van der Waals surface area contributed by atoms with Crippen LogP contribution in [0.5, 0.6) is 11.5 Å². The molecule has 2 aromatic rings. The molecular weight excluding hydrogens is 422 g/mol. The topological polar surface area (TPSA) is 18.5 Å². The molecule has 110 valence electrons. The largest absolute Gasteiger partial charge is 0.434 e. The van der Waals surface area contributed by atoms with Gasteiger partial charge in [-0.2, -0.15) is 0 Å². The SMILES string of the molecule is Cc1ccc(C2(Br)Oc3c(Cl)c(Cl)c(Cl)c(Cl)c3O2)cc1. The first-order valence-corrected chi connectivity index (χ1v) is 8.14. The second-order valence-electron chi connectivity index (χ2n) is 4.52. The quantitative estimate of drug-likeness (QED) is 0.290. The van der Waals surface area contributed by atoms with Crippen molar-refractivity contribution in [1.82, 2.24) is 0 Å². The van der Waals surface area contributed by atoms with Crippen LogP contribution in [0, 0.1) is 6.92 Å². The summed E-state index contributed by atoms with van der Waals surface area (Å²) in [6.45, 7) is 1.99. The standard InChI is InChI=1S/C14H7BrCl4O2/c1-6-2-4-7(5-3-6)14(15)20-12-10(18)8(16)9(17)11(19)13(12)21-14/h2-5H,1H3. The molecule has 0 unspecified atom stereocenters. The average Bonchev–Trinajstić information content (AvgIpc) is 2.83. The van der Waals surface area contributed by atoms with Crippen LogP contribution in [-0.4, -0.2) is 0 Å². The minimum atomic E-state index is -1.22. The Labute approximate surface area is 150 Å². The fraction of sp³-hybridized carbons (Fsp3) is 0.143. The number of hydrogen-bond donors (Lipinski definition) is 0. The maximum absolute atomic E-state index is 6.15. The van der Waals surface area contributed by atoms with Crippen molar-refractivity contribution in [3.05, 3.63) is 55.5 Å². The number of aryl methyl sites for hydroxylation is 1. The van der Waals surface area contributed by atoms with Crippen LogP contribution in [-0.2, 0) is 4.70 Å². The molecule has 0 bridgehead atoms. The number of benzene rings is 2. The van der Waals surface area contributed by atoms with E-state index in [1.165, 1.54) is 0 Å². The molecule has 0 saturated heterocycles. The van der Waals surface area contributed by atoms with Crippen molar-refractivity contribution in [2.24, 2.45) is 0 Å². The molecule has 0 spiro atoms.